The molecule has 0 saturated carbocycles. The van der Waals surface area contributed by atoms with Crippen LogP contribution in [0.15, 0.2) is 53.0 Å². The van der Waals surface area contributed by atoms with Crippen molar-refractivity contribution in [3.8, 4) is 0 Å². The zero-order valence-corrected chi connectivity index (χ0v) is 15.5. The number of rotatable bonds is 6. The van der Waals surface area contributed by atoms with E-state index in [0.29, 0.717) is 23.4 Å². The van der Waals surface area contributed by atoms with Crippen LogP contribution in [0.2, 0.25) is 0 Å². The Balaban J connectivity index is 2.10. The van der Waals surface area contributed by atoms with Gasteiger partial charge in [-0.3, -0.25) is 9.59 Å². The van der Waals surface area contributed by atoms with Crippen molar-refractivity contribution in [3.05, 3.63) is 64.1 Å². The number of carbonyl (C=O) groups excluding carboxylic acids is 2. The van der Waals surface area contributed by atoms with E-state index in [1.807, 2.05) is 24.3 Å². The summed E-state index contributed by atoms with van der Waals surface area (Å²) >= 11 is 3.36. The number of halogens is 1. The monoisotopic (exact) mass is 388 g/mol. The minimum Gasteiger partial charge on any atom is -0.342 e. The molecule has 0 bridgehead atoms. The number of hydrogen-bond acceptors (Lipinski definition) is 2. The van der Waals surface area contributed by atoms with Gasteiger partial charge in [-0.2, -0.15) is 0 Å². The lowest BCUT2D eigenvalue weighted by molar-refractivity contribution is 0.0793. The van der Waals surface area contributed by atoms with Crippen molar-refractivity contribution in [2.75, 3.05) is 18.9 Å². The second kappa shape index (κ2) is 8.64. The summed E-state index contributed by atoms with van der Waals surface area (Å²) in [5, 5.41) is 2.83. The van der Waals surface area contributed by atoms with Gasteiger partial charge in [0.25, 0.3) is 11.8 Å². The standard InChI is InChI=1S/C19H21BrN2O2/c1-3-4-12-22(2)19(24)15-7-5-6-14(13-15)18(23)21-17-10-8-16(20)9-11-17/h5-11,13H,3-4,12H2,1-2H3,(H,21,23). The fourth-order valence-corrected chi connectivity index (χ4v) is 2.51. The quantitative estimate of drug-likeness (QED) is 0.787. The number of nitrogens with one attached hydrogen (secondary N) is 1. The Morgan fingerprint density at radius 1 is 1.08 bits per heavy atom. The molecular weight excluding hydrogens is 368 g/mol. The summed E-state index contributed by atoms with van der Waals surface area (Å²) in [4.78, 5) is 26.5. The first-order chi connectivity index (χ1) is 11.5. The fourth-order valence-electron chi connectivity index (χ4n) is 2.25. The number of anilines is 1. The van der Waals surface area contributed by atoms with E-state index in [0.717, 1.165) is 17.3 Å². The minimum atomic E-state index is -0.233. The Bertz CT molecular complexity index is 714. The highest BCUT2D eigenvalue weighted by Gasteiger charge is 2.14. The average molecular weight is 389 g/mol. The SMILES string of the molecule is CCCCN(C)C(=O)c1cccc(C(=O)Nc2ccc(Br)cc2)c1. The molecule has 0 spiro atoms. The van der Waals surface area contributed by atoms with Crippen molar-refractivity contribution < 1.29 is 9.59 Å². The molecule has 5 heteroatoms. The second-order valence-corrected chi connectivity index (χ2v) is 6.54. The van der Waals surface area contributed by atoms with Crippen LogP contribution < -0.4 is 5.32 Å². The zero-order chi connectivity index (χ0) is 17.5. The highest BCUT2D eigenvalue weighted by Crippen LogP contribution is 2.16. The molecule has 2 aromatic carbocycles. The maximum atomic E-state index is 12.4. The van der Waals surface area contributed by atoms with Crippen LogP contribution >= 0.6 is 15.9 Å². The summed E-state index contributed by atoms with van der Waals surface area (Å²) in [6.45, 7) is 2.80. The van der Waals surface area contributed by atoms with E-state index in [-0.39, 0.29) is 11.8 Å². The third-order valence-corrected chi connectivity index (χ3v) is 4.20. The van der Waals surface area contributed by atoms with E-state index < -0.39 is 0 Å². The van der Waals surface area contributed by atoms with E-state index in [1.54, 1.807) is 36.2 Å². The van der Waals surface area contributed by atoms with Gasteiger partial charge in [0, 0.05) is 34.9 Å². The molecule has 0 aliphatic heterocycles. The van der Waals surface area contributed by atoms with Crippen molar-refractivity contribution in [1.29, 1.82) is 0 Å². The lowest BCUT2D eigenvalue weighted by Gasteiger charge is -2.17. The first-order valence-corrected chi connectivity index (χ1v) is 8.73. The molecule has 126 valence electrons. The summed E-state index contributed by atoms with van der Waals surface area (Å²) in [7, 11) is 1.78. The maximum Gasteiger partial charge on any atom is 0.255 e. The molecule has 0 fully saturated rings. The lowest BCUT2D eigenvalue weighted by atomic mass is 10.1. The fraction of sp³-hybridized carbons (Fsp3) is 0.263. The number of unbranched alkanes of at least 4 members (excludes halogenated alkanes) is 1. The zero-order valence-electron chi connectivity index (χ0n) is 13.9. The molecule has 0 saturated heterocycles. The third kappa shape index (κ3) is 4.93. The van der Waals surface area contributed by atoms with Gasteiger partial charge in [0.15, 0.2) is 0 Å². The van der Waals surface area contributed by atoms with Gasteiger partial charge in [0.2, 0.25) is 0 Å². The summed E-state index contributed by atoms with van der Waals surface area (Å²) in [6.07, 6.45) is 2.00. The van der Waals surface area contributed by atoms with Crippen molar-refractivity contribution >= 4 is 33.4 Å². The summed E-state index contributed by atoms with van der Waals surface area (Å²) < 4.78 is 0.947. The predicted octanol–water partition coefficient (Wildman–Crippen LogP) is 4.57. The van der Waals surface area contributed by atoms with Crippen LogP contribution in [-0.2, 0) is 0 Å². The molecule has 0 aliphatic rings. The highest BCUT2D eigenvalue weighted by molar-refractivity contribution is 9.10. The highest BCUT2D eigenvalue weighted by atomic mass is 79.9. The number of benzene rings is 2. The topological polar surface area (TPSA) is 49.4 Å². The molecule has 0 atom stereocenters. The van der Waals surface area contributed by atoms with Crippen LogP contribution in [0.25, 0.3) is 0 Å². The van der Waals surface area contributed by atoms with Crippen molar-refractivity contribution in [2.45, 2.75) is 19.8 Å². The molecule has 2 rings (SSSR count). The van der Waals surface area contributed by atoms with Crippen molar-refractivity contribution in [3.63, 3.8) is 0 Å². The summed E-state index contributed by atoms with van der Waals surface area (Å²) in [5.74, 6) is -0.301. The molecule has 2 amide bonds. The normalized spacial score (nSPS) is 10.3. The van der Waals surface area contributed by atoms with Crippen LogP contribution in [0, 0.1) is 0 Å². The largest absolute Gasteiger partial charge is 0.342 e. The number of carbonyl (C=O) groups is 2. The lowest BCUT2D eigenvalue weighted by Crippen LogP contribution is -2.28. The van der Waals surface area contributed by atoms with Gasteiger partial charge in [-0.1, -0.05) is 35.3 Å². The van der Waals surface area contributed by atoms with Crippen molar-refractivity contribution in [1.82, 2.24) is 4.90 Å². The van der Waals surface area contributed by atoms with Gasteiger partial charge < -0.3 is 10.2 Å². The van der Waals surface area contributed by atoms with Crippen LogP contribution in [-0.4, -0.2) is 30.3 Å². The van der Waals surface area contributed by atoms with Crippen LogP contribution in [0.5, 0.6) is 0 Å². The molecular formula is C19H21BrN2O2. The number of hydrogen-bond donors (Lipinski definition) is 1. The van der Waals surface area contributed by atoms with E-state index in [2.05, 4.69) is 28.2 Å². The number of amides is 2. The van der Waals surface area contributed by atoms with Gasteiger partial charge in [0.05, 0.1) is 0 Å². The van der Waals surface area contributed by atoms with E-state index in [4.69, 9.17) is 0 Å². The number of nitrogens with zero attached hydrogens (tertiary/aromatic N) is 1. The van der Waals surface area contributed by atoms with Crippen LogP contribution in [0.4, 0.5) is 5.69 Å². The Hall–Kier alpha value is -2.14. The molecule has 0 heterocycles. The smallest absolute Gasteiger partial charge is 0.255 e. The van der Waals surface area contributed by atoms with Gasteiger partial charge >= 0.3 is 0 Å². The molecule has 0 aliphatic carbocycles. The Morgan fingerprint density at radius 3 is 2.42 bits per heavy atom. The van der Waals surface area contributed by atoms with Crippen LogP contribution in [0.3, 0.4) is 0 Å². The first kappa shape index (κ1) is 18.2. The Kier molecular flexibility index (Phi) is 6.55. The van der Waals surface area contributed by atoms with E-state index >= 15 is 0 Å². The van der Waals surface area contributed by atoms with Crippen LogP contribution in [0.1, 0.15) is 40.5 Å². The maximum absolute atomic E-state index is 12.4. The summed E-state index contributed by atoms with van der Waals surface area (Å²) in [5.41, 5.74) is 1.70. The van der Waals surface area contributed by atoms with E-state index in [1.165, 1.54) is 0 Å². The Morgan fingerprint density at radius 2 is 1.75 bits per heavy atom. The predicted molar refractivity (Wildman–Crippen MR) is 100 cm³/mol. The summed E-state index contributed by atoms with van der Waals surface area (Å²) in [6, 6.07) is 14.2. The molecule has 0 unspecified atom stereocenters. The molecule has 24 heavy (non-hydrogen) atoms. The molecule has 4 nitrogen and oxygen atoms in total. The molecule has 0 aromatic heterocycles. The third-order valence-electron chi connectivity index (χ3n) is 3.67. The van der Waals surface area contributed by atoms with Gasteiger partial charge in [-0.15, -0.1) is 0 Å². The first-order valence-electron chi connectivity index (χ1n) is 7.93. The average Bonchev–Trinajstić information content (AvgIpc) is 2.61. The second-order valence-electron chi connectivity index (χ2n) is 5.62. The Labute approximate surface area is 151 Å². The molecule has 0 radical (unpaired) electrons. The van der Waals surface area contributed by atoms with E-state index in [9.17, 15) is 9.59 Å². The molecule has 2 aromatic rings. The minimum absolute atomic E-state index is 0.0678. The molecule has 1 N–H and O–H groups in total. The van der Waals surface area contributed by atoms with Crippen molar-refractivity contribution in [2.24, 2.45) is 0 Å². The van der Waals surface area contributed by atoms with Gasteiger partial charge in [-0.05, 0) is 48.9 Å². The van der Waals surface area contributed by atoms with Gasteiger partial charge in [-0.25, -0.2) is 0 Å². The van der Waals surface area contributed by atoms with Gasteiger partial charge in [0.1, 0.15) is 0 Å².